The number of hydrogen-bond donors (Lipinski definition) is 3. The summed E-state index contributed by atoms with van der Waals surface area (Å²) in [6, 6.07) is 4.41. The van der Waals surface area contributed by atoms with Gasteiger partial charge in [-0.3, -0.25) is 4.79 Å². The van der Waals surface area contributed by atoms with Crippen molar-refractivity contribution < 1.29 is 15.0 Å². The lowest BCUT2D eigenvalue weighted by molar-refractivity contribution is -0.118. The van der Waals surface area contributed by atoms with Gasteiger partial charge in [0.25, 0.3) is 0 Å². The Hall–Kier alpha value is -2.08. The van der Waals surface area contributed by atoms with Crippen molar-refractivity contribution in [2.24, 2.45) is 0 Å². The minimum absolute atomic E-state index is 0.00119. The van der Waals surface area contributed by atoms with E-state index in [9.17, 15) is 15.0 Å². The Labute approximate surface area is 114 Å². The van der Waals surface area contributed by atoms with Gasteiger partial charge < -0.3 is 15.5 Å². The van der Waals surface area contributed by atoms with Crippen LogP contribution < -0.4 is 5.32 Å². The zero-order valence-electron chi connectivity index (χ0n) is 10.4. The zero-order valence-corrected chi connectivity index (χ0v) is 11.2. The van der Waals surface area contributed by atoms with Gasteiger partial charge in [0, 0.05) is 36.9 Å². The molecule has 19 heavy (non-hydrogen) atoms. The lowest BCUT2D eigenvalue weighted by Gasteiger charge is -2.01. The Morgan fingerprint density at radius 2 is 2.21 bits per heavy atom. The van der Waals surface area contributed by atoms with E-state index in [1.165, 1.54) is 30.4 Å². The smallest absolute Gasteiger partial charge is 0.216 e. The highest BCUT2D eigenvalue weighted by molar-refractivity contribution is 7.09. The van der Waals surface area contributed by atoms with Crippen LogP contribution in [-0.2, 0) is 11.2 Å². The summed E-state index contributed by atoms with van der Waals surface area (Å²) in [5.41, 5.74) is 1.25. The van der Waals surface area contributed by atoms with E-state index in [0.717, 1.165) is 5.01 Å². The molecule has 0 aliphatic rings. The number of phenolic OH excluding ortho intramolecular Hbond substituents is 2. The Balaban J connectivity index is 2.10. The molecule has 1 aromatic carbocycles. The fraction of sp³-hybridized carbons (Fsp3) is 0.231. The van der Waals surface area contributed by atoms with Gasteiger partial charge in [-0.25, -0.2) is 4.98 Å². The summed E-state index contributed by atoms with van der Waals surface area (Å²) in [7, 11) is 0. The van der Waals surface area contributed by atoms with Gasteiger partial charge in [-0.15, -0.1) is 11.3 Å². The summed E-state index contributed by atoms with van der Waals surface area (Å²) in [6.45, 7) is 2.02. The molecular weight excluding hydrogens is 264 g/mol. The molecule has 2 rings (SSSR count). The summed E-state index contributed by atoms with van der Waals surface area (Å²) in [5.74, 6) is -0.0472. The number of amides is 1. The topological polar surface area (TPSA) is 82.5 Å². The fourth-order valence-electron chi connectivity index (χ4n) is 1.63. The van der Waals surface area contributed by atoms with Gasteiger partial charge in [0.05, 0.1) is 10.7 Å². The molecular formula is C13H14N2O3S. The molecule has 0 aliphatic carbocycles. The van der Waals surface area contributed by atoms with Gasteiger partial charge in [-0.2, -0.15) is 0 Å². The minimum atomic E-state index is -0.0621. The van der Waals surface area contributed by atoms with Gasteiger partial charge in [0.15, 0.2) is 0 Å². The van der Waals surface area contributed by atoms with E-state index in [-0.39, 0.29) is 17.4 Å². The van der Waals surface area contributed by atoms with Crippen LogP contribution in [0.15, 0.2) is 23.6 Å². The third kappa shape index (κ3) is 3.45. The van der Waals surface area contributed by atoms with Crippen LogP contribution >= 0.6 is 11.3 Å². The van der Waals surface area contributed by atoms with Crippen LogP contribution in [0.2, 0.25) is 0 Å². The second kappa shape index (κ2) is 5.71. The summed E-state index contributed by atoms with van der Waals surface area (Å²) in [4.78, 5) is 15.1. The minimum Gasteiger partial charge on any atom is -0.508 e. The molecule has 0 bridgehead atoms. The number of hydrogen-bond acceptors (Lipinski definition) is 5. The van der Waals surface area contributed by atoms with Crippen LogP contribution in [-0.4, -0.2) is 27.6 Å². The van der Waals surface area contributed by atoms with E-state index in [1.54, 1.807) is 6.07 Å². The summed E-state index contributed by atoms with van der Waals surface area (Å²) in [5, 5.41) is 24.4. The molecule has 0 saturated heterocycles. The van der Waals surface area contributed by atoms with Crippen LogP contribution in [0.25, 0.3) is 11.3 Å². The predicted molar refractivity (Wildman–Crippen MR) is 73.3 cm³/mol. The molecule has 1 amide bonds. The molecule has 1 aromatic heterocycles. The van der Waals surface area contributed by atoms with Crippen LogP contribution in [0.5, 0.6) is 11.5 Å². The van der Waals surface area contributed by atoms with Crippen LogP contribution in [0.3, 0.4) is 0 Å². The van der Waals surface area contributed by atoms with E-state index in [4.69, 9.17) is 0 Å². The maximum Gasteiger partial charge on any atom is 0.216 e. The van der Waals surface area contributed by atoms with E-state index in [0.29, 0.717) is 24.2 Å². The molecule has 0 radical (unpaired) electrons. The molecule has 5 nitrogen and oxygen atoms in total. The van der Waals surface area contributed by atoms with Crippen LogP contribution in [0.1, 0.15) is 11.9 Å². The first kappa shape index (κ1) is 13.4. The first-order valence-electron chi connectivity index (χ1n) is 5.77. The quantitative estimate of drug-likeness (QED) is 0.797. The molecule has 3 N–H and O–H groups in total. The monoisotopic (exact) mass is 278 g/mol. The summed E-state index contributed by atoms with van der Waals surface area (Å²) >= 11 is 1.47. The van der Waals surface area contributed by atoms with E-state index >= 15 is 0 Å². The highest BCUT2D eigenvalue weighted by atomic mass is 32.1. The van der Waals surface area contributed by atoms with E-state index in [2.05, 4.69) is 10.3 Å². The normalized spacial score (nSPS) is 10.4. The molecule has 0 aliphatic heterocycles. The third-order valence-electron chi connectivity index (χ3n) is 2.52. The summed E-state index contributed by atoms with van der Waals surface area (Å²) in [6.07, 6.45) is 0.656. The van der Waals surface area contributed by atoms with E-state index < -0.39 is 0 Å². The second-order valence-corrected chi connectivity index (χ2v) is 5.00. The van der Waals surface area contributed by atoms with Gasteiger partial charge in [-0.05, 0) is 12.1 Å². The van der Waals surface area contributed by atoms with Crippen molar-refractivity contribution in [2.45, 2.75) is 13.3 Å². The SMILES string of the molecule is CC(=O)NCCc1nc(-c2ccc(O)cc2O)cs1. The first-order valence-corrected chi connectivity index (χ1v) is 6.65. The Kier molecular flexibility index (Phi) is 4.01. The molecule has 0 saturated carbocycles. The molecule has 0 atom stereocenters. The Bertz CT molecular complexity index is 595. The number of rotatable bonds is 4. The third-order valence-corrected chi connectivity index (χ3v) is 3.43. The highest BCUT2D eigenvalue weighted by Crippen LogP contribution is 2.32. The largest absolute Gasteiger partial charge is 0.508 e. The second-order valence-electron chi connectivity index (χ2n) is 4.06. The average Bonchev–Trinajstić information content (AvgIpc) is 2.77. The standard InChI is InChI=1S/C13H14N2O3S/c1-8(16)14-5-4-13-15-11(7-19-13)10-3-2-9(17)6-12(10)18/h2-3,6-7,17-18H,4-5H2,1H3,(H,14,16). The van der Waals surface area contributed by atoms with Gasteiger partial charge >= 0.3 is 0 Å². The lowest BCUT2D eigenvalue weighted by atomic mass is 10.1. The number of benzene rings is 1. The Morgan fingerprint density at radius 1 is 1.42 bits per heavy atom. The number of carbonyl (C=O) groups is 1. The molecule has 0 fully saturated rings. The van der Waals surface area contributed by atoms with Crippen molar-refractivity contribution in [3.05, 3.63) is 28.6 Å². The molecule has 0 unspecified atom stereocenters. The fourth-order valence-corrected chi connectivity index (χ4v) is 2.43. The van der Waals surface area contributed by atoms with Gasteiger partial charge in [0.2, 0.25) is 5.91 Å². The van der Waals surface area contributed by atoms with Gasteiger partial charge in [0.1, 0.15) is 11.5 Å². The van der Waals surface area contributed by atoms with Crippen molar-refractivity contribution in [3.63, 3.8) is 0 Å². The Morgan fingerprint density at radius 3 is 2.89 bits per heavy atom. The number of nitrogens with zero attached hydrogens (tertiary/aromatic N) is 1. The summed E-state index contributed by atoms with van der Waals surface area (Å²) < 4.78 is 0. The number of phenols is 2. The molecule has 2 aromatic rings. The number of carbonyl (C=O) groups excluding carboxylic acids is 1. The number of aromatic nitrogens is 1. The lowest BCUT2D eigenvalue weighted by Crippen LogP contribution is -2.22. The van der Waals surface area contributed by atoms with Crippen molar-refractivity contribution in [2.75, 3.05) is 6.54 Å². The van der Waals surface area contributed by atoms with Crippen molar-refractivity contribution in [1.29, 1.82) is 0 Å². The number of nitrogens with one attached hydrogen (secondary N) is 1. The van der Waals surface area contributed by atoms with Crippen molar-refractivity contribution in [1.82, 2.24) is 10.3 Å². The zero-order chi connectivity index (χ0) is 13.8. The molecule has 6 heteroatoms. The molecule has 0 spiro atoms. The predicted octanol–water partition coefficient (Wildman–Crippen LogP) is 1.90. The highest BCUT2D eigenvalue weighted by Gasteiger charge is 2.09. The maximum absolute atomic E-state index is 10.8. The maximum atomic E-state index is 10.8. The van der Waals surface area contributed by atoms with Gasteiger partial charge in [-0.1, -0.05) is 0 Å². The number of aromatic hydroxyl groups is 2. The molecule has 1 heterocycles. The molecule has 100 valence electrons. The number of thiazole rings is 1. The van der Waals surface area contributed by atoms with Crippen molar-refractivity contribution >= 4 is 17.2 Å². The van der Waals surface area contributed by atoms with E-state index in [1.807, 2.05) is 5.38 Å². The first-order chi connectivity index (χ1) is 9.06. The van der Waals surface area contributed by atoms with Crippen LogP contribution in [0.4, 0.5) is 0 Å². The van der Waals surface area contributed by atoms with Crippen LogP contribution in [0, 0.1) is 0 Å². The van der Waals surface area contributed by atoms with Crippen molar-refractivity contribution in [3.8, 4) is 22.8 Å². The average molecular weight is 278 g/mol.